The number of allylic oxidation sites excluding steroid dienone is 12. The van der Waals surface area contributed by atoms with Crippen molar-refractivity contribution in [3.8, 4) is 0 Å². The fraction of sp³-hybridized carbons (Fsp3) is 0.600. The molecule has 0 unspecified atom stereocenters. The molecule has 2 N–H and O–H groups in total. The Labute approximate surface area is 212 Å². The molecule has 0 aromatic rings. The van der Waals surface area contributed by atoms with E-state index in [0.29, 0.717) is 0 Å². The monoisotopic (exact) mass is 491 g/mol. The molecule has 0 rings (SSSR count). The Balaban J connectivity index is 0. The third-order valence-electron chi connectivity index (χ3n) is 5.40. The predicted molar refractivity (Wildman–Crippen MR) is 152 cm³/mol. The quantitative estimate of drug-likeness (QED) is 0.136. The topological polar surface area (TPSA) is 57.5 Å². The van der Waals surface area contributed by atoms with E-state index in [1.54, 1.807) is 0 Å². The molecule has 0 radical (unpaired) electrons. The Kier molecular flexibility index (Phi) is 23.6. The first-order valence-electron chi connectivity index (χ1n) is 12.7. The first-order chi connectivity index (χ1) is 15.9. The summed E-state index contributed by atoms with van der Waals surface area (Å²) in [5, 5.41) is 0. The van der Waals surface area contributed by atoms with Gasteiger partial charge in [0.05, 0.1) is 0 Å². The molecule has 0 amide bonds. The maximum atomic E-state index is 8.70. The standard InChI is InChI=1S/C30H50.HO3P/c1-25(2)15-11-19-29(7)23-13-21-27(5)17-9-10-18-28(6)22-14-24-30(8)20-12-16-26(3)4;1-4(2)3/h15-18,23-24H,9-14,19-22H2,1-8H3;(H-,1,2,3)/p+1. The van der Waals surface area contributed by atoms with Gasteiger partial charge in [0, 0.05) is 4.57 Å². The normalized spacial score (nSPS) is 12.6. The highest BCUT2D eigenvalue weighted by Crippen LogP contribution is 2.14. The maximum Gasteiger partial charge on any atom is 0.692 e. The lowest BCUT2D eigenvalue weighted by atomic mass is 10.0. The van der Waals surface area contributed by atoms with Crippen LogP contribution in [-0.2, 0) is 4.57 Å². The third-order valence-corrected chi connectivity index (χ3v) is 5.40. The van der Waals surface area contributed by atoms with Gasteiger partial charge in [0.25, 0.3) is 0 Å². The highest BCUT2D eigenvalue weighted by Gasteiger charge is 1.94. The van der Waals surface area contributed by atoms with E-state index in [4.69, 9.17) is 14.4 Å². The summed E-state index contributed by atoms with van der Waals surface area (Å²) in [5.41, 5.74) is 8.97. The second kappa shape index (κ2) is 23.2. The summed E-state index contributed by atoms with van der Waals surface area (Å²) in [4.78, 5) is 14.2. The summed E-state index contributed by atoms with van der Waals surface area (Å²) < 4.78 is 8.70. The number of hydrogen-bond acceptors (Lipinski definition) is 1. The molecule has 0 aromatic carbocycles. The molecule has 0 aromatic heterocycles. The fourth-order valence-electron chi connectivity index (χ4n) is 3.34. The Morgan fingerprint density at radius 2 is 0.676 bits per heavy atom. The van der Waals surface area contributed by atoms with Crippen LogP contribution in [0, 0.1) is 0 Å². The molecule has 0 saturated carbocycles. The molecule has 0 atom stereocenters. The van der Waals surface area contributed by atoms with Gasteiger partial charge in [-0.05, 0) is 120 Å². The van der Waals surface area contributed by atoms with Gasteiger partial charge in [-0.3, -0.25) is 0 Å². The van der Waals surface area contributed by atoms with Gasteiger partial charge >= 0.3 is 8.25 Å². The average molecular weight is 492 g/mol. The van der Waals surface area contributed by atoms with Crippen LogP contribution in [-0.4, -0.2) is 9.79 Å². The summed E-state index contributed by atoms with van der Waals surface area (Å²) in [6.45, 7) is 17.8. The average Bonchev–Trinajstić information content (AvgIpc) is 2.70. The van der Waals surface area contributed by atoms with Gasteiger partial charge < -0.3 is 0 Å². The van der Waals surface area contributed by atoms with Crippen molar-refractivity contribution in [3.05, 3.63) is 69.9 Å². The third kappa shape index (κ3) is 30.5. The smallest absolute Gasteiger partial charge is 0.134 e. The van der Waals surface area contributed by atoms with E-state index in [9.17, 15) is 0 Å². The molecule has 194 valence electrons. The zero-order valence-corrected chi connectivity index (χ0v) is 24.2. The summed E-state index contributed by atoms with van der Waals surface area (Å²) in [5.74, 6) is 0. The summed E-state index contributed by atoms with van der Waals surface area (Å²) >= 11 is 0. The summed E-state index contributed by atoms with van der Waals surface area (Å²) in [6, 6.07) is 0. The van der Waals surface area contributed by atoms with Crippen LogP contribution in [0.15, 0.2) is 69.9 Å². The van der Waals surface area contributed by atoms with Crippen LogP contribution < -0.4 is 0 Å². The van der Waals surface area contributed by atoms with Crippen molar-refractivity contribution in [2.75, 3.05) is 0 Å². The van der Waals surface area contributed by atoms with Gasteiger partial charge in [0.15, 0.2) is 0 Å². The van der Waals surface area contributed by atoms with Gasteiger partial charge in [-0.15, -0.1) is 9.79 Å². The molecule has 0 bridgehead atoms. The zero-order valence-electron chi connectivity index (χ0n) is 23.3. The van der Waals surface area contributed by atoms with Crippen LogP contribution >= 0.6 is 8.25 Å². The van der Waals surface area contributed by atoms with Crippen LogP contribution in [0.1, 0.15) is 120 Å². The van der Waals surface area contributed by atoms with Crippen molar-refractivity contribution in [2.24, 2.45) is 0 Å². The molecular weight excluding hydrogens is 439 g/mol. The minimum atomic E-state index is -2.87. The molecule has 0 aliphatic heterocycles. The highest BCUT2D eigenvalue weighted by atomic mass is 31.1. The first kappa shape index (κ1) is 34.6. The Hall–Kier alpha value is -1.54. The second-order valence-electron chi connectivity index (χ2n) is 9.75. The molecule has 0 aliphatic carbocycles. The SMILES string of the molecule is CC(C)=CCCC(C)=CCCC(C)=CCCC=C(C)CCC=C(C)CCC=C(C)C.O=[P+](O)O. The highest BCUT2D eigenvalue weighted by molar-refractivity contribution is 7.30. The fourth-order valence-corrected chi connectivity index (χ4v) is 3.34. The molecule has 0 fully saturated rings. The summed E-state index contributed by atoms with van der Waals surface area (Å²) in [7, 11) is -2.87. The minimum Gasteiger partial charge on any atom is -0.134 e. The molecule has 0 aliphatic rings. The van der Waals surface area contributed by atoms with Crippen molar-refractivity contribution in [1.82, 2.24) is 0 Å². The second-order valence-corrected chi connectivity index (χ2v) is 10.3. The number of unbranched alkanes of at least 4 members (excludes halogenated alkanes) is 1. The Morgan fingerprint density at radius 3 is 0.912 bits per heavy atom. The van der Waals surface area contributed by atoms with E-state index >= 15 is 0 Å². The van der Waals surface area contributed by atoms with Crippen molar-refractivity contribution < 1.29 is 14.4 Å². The molecule has 0 saturated heterocycles. The number of hydrogen-bond donors (Lipinski definition) is 2. The molecule has 3 nitrogen and oxygen atoms in total. The first-order valence-corrected chi connectivity index (χ1v) is 13.8. The van der Waals surface area contributed by atoms with Gasteiger partial charge in [-0.2, -0.15) is 0 Å². The van der Waals surface area contributed by atoms with Crippen LogP contribution in [0.4, 0.5) is 0 Å². The van der Waals surface area contributed by atoms with E-state index in [0.717, 1.165) is 0 Å². The van der Waals surface area contributed by atoms with Crippen molar-refractivity contribution in [1.29, 1.82) is 0 Å². The zero-order chi connectivity index (χ0) is 26.4. The minimum absolute atomic E-state index is 1.17. The number of rotatable bonds is 15. The van der Waals surface area contributed by atoms with Crippen LogP contribution in [0.2, 0.25) is 0 Å². The lowest BCUT2D eigenvalue weighted by Gasteiger charge is -2.02. The lowest BCUT2D eigenvalue weighted by Crippen LogP contribution is -1.82. The van der Waals surface area contributed by atoms with Gasteiger partial charge in [0.1, 0.15) is 0 Å². The largest absolute Gasteiger partial charge is 0.692 e. The van der Waals surface area contributed by atoms with E-state index in [2.05, 4.69) is 91.8 Å². The molecule has 0 spiro atoms. The Morgan fingerprint density at radius 1 is 0.471 bits per heavy atom. The summed E-state index contributed by atoms with van der Waals surface area (Å²) in [6.07, 6.45) is 26.2. The van der Waals surface area contributed by atoms with E-state index in [1.165, 1.54) is 97.6 Å². The van der Waals surface area contributed by atoms with Crippen molar-refractivity contribution in [2.45, 2.75) is 120 Å². The van der Waals surface area contributed by atoms with Crippen molar-refractivity contribution >= 4 is 8.25 Å². The van der Waals surface area contributed by atoms with E-state index in [1.807, 2.05) is 0 Å². The molecule has 0 heterocycles. The van der Waals surface area contributed by atoms with Crippen LogP contribution in [0.5, 0.6) is 0 Å². The van der Waals surface area contributed by atoms with Crippen LogP contribution in [0.25, 0.3) is 0 Å². The van der Waals surface area contributed by atoms with Gasteiger partial charge in [-0.25, -0.2) is 0 Å². The van der Waals surface area contributed by atoms with Crippen LogP contribution in [0.3, 0.4) is 0 Å². The van der Waals surface area contributed by atoms with E-state index < -0.39 is 8.25 Å². The van der Waals surface area contributed by atoms with Gasteiger partial charge in [-0.1, -0.05) is 69.9 Å². The maximum absolute atomic E-state index is 8.70. The Bertz CT molecular complexity index is 679. The molecular formula is C30H52O3P+. The predicted octanol–water partition coefficient (Wildman–Crippen LogP) is 10.2. The molecule has 4 heteroatoms. The lowest BCUT2D eigenvalue weighted by molar-refractivity contribution is 0.405. The van der Waals surface area contributed by atoms with Crippen molar-refractivity contribution in [3.63, 3.8) is 0 Å². The van der Waals surface area contributed by atoms with E-state index in [-0.39, 0.29) is 0 Å². The molecule has 34 heavy (non-hydrogen) atoms. The van der Waals surface area contributed by atoms with Gasteiger partial charge in [0.2, 0.25) is 0 Å².